The van der Waals surface area contributed by atoms with Crippen molar-refractivity contribution in [3.63, 3.8) is 0 Å². The summed E-state index contributed by atoms with van der Waals surface area (Å²) >= 11 is 1.80. The van der Waals surface area contributed by atoms with Crippen LogP contribution in [0.25, 0.3) is 0 Å². The van der Waals surface area contributed by atoms with Gasteiger partial charge in [0, 0.05) is 12.1 Å². The molecule has 0 aromatic heterocycles. The lowest BCUT2D eigenvalue weighted by molar-refractivity contribution is -0.383. The molecule has 1 fully saturated rings. The van der Waals surface area contributed by atoms with Gasteiger partial charge in [-0.15, -0.1) is 0 Å². The lowest BCUT2D eigenvalue weighted by atomic mass is 10.2. The van der Waals surface area contributed by atoms with Gasteiger partial charge in [0.25, 0.3) is 5.69 Å². The minimum absolute atomic E-state index is 0.0428. The van der Waals surface area contributed by atoms with Crippen LogP contribution >= 0.6 is 11.8 Å². The zero-order valence-corrected chi connectivity index (χ0v) is 12.2. The van der Waals surface area contributed by atoms with Crippen molar-refractivity contribution in [3.05, 3.63) is 28.3 Å². The molecule has 1 aromatic rings. The lowest BCUT2D eigenvalue weighted by Gasteiger charge is -2.22. The number of nitro groups is 1. The van der Waals surface area contributed by atoms with Crippen molar-refractivity contribution in [3.8, 4) is 0 Å². The van der Waals surface area contributed by atoms with Crippen molar-refractivity contribution in [2.24, 2.45) is 0 Å². The molecule has 1 saturated heterocycles. The van der Waals surface area contributed by atoms with Crippen molar-refractivity contribution in [2.45, 2.75) is 23.8 Å². The highest BCUT2D eigenvalue weighted by molar-refractivity contribution is 7.99. The van der Waals surface area contributed by atoms with Gasteiger partial charge in [0.05, 0.1) is 9.82 Å². The second-order valence-electron chi connectivity index (χ2n) is 4.49. The number of anilines is 1. The molecule has 20 heavy (non-hydrogen) atoms. The lowest BCUT2D eigenvalue weighted by Crippen LogP contribution is -2.37. The number of rotatable bonds is 4. The van der Waals surface area contributed by atoms with E-state index in [1.807, 2.05) is 0 Å². The number of nitro benzene ring substituents is 1. The number of sulfonamides is 1. The number of nitrogens with zero attached hydrogens (tertiary/aromatic N) is 1. The number of nitrogens with one attached hydrogen (secondary N) is 1. The van der Waals surface area contributed by atoms with E-state index < -0.39 is 14.9 Å². The molecule has 0 amide bonds. The summed E-state index contributed by atoms with van der Waals surface area (Å²) in [6.07, 6.45) is 1.57. The standard InChI is InChI=1S/C11H15N3O4S2/c12-10-7-9(1-2-11(10)14(15)16)20(17,18)13-8-3-5-19-6-4-8/h1-2,7-8,13H,3-6,12H2. The van der Waals surface area contributed by atoms with Crippen LogP contribution in [-0.4, -0.2) is 30.9 Å². The summed E-state index contributed by atoms with van der Waals surface area (Å²) in [5, 5.41) is 10.7. The largest absolute Gasteiger partial charge is 0.393 e. The van der Waals surface area contributed by atoms with E-state index in [-0.39, 0.29) is 22.3 Å². The molecule has 3 N–H and O–H groups in total. The van der Waals surface area contributed by atoms with E-state index in [1.165, 1.54) is 6.07 Å². The zero-order chi connectivity index (χ0) is 14.8. The van der Waals surface area contributed by atoms with Crippen molar-refractivity contribution in [1.29, 1.82) is 0 Å². The molecule has 2 rings (SSSR count). The van der Waals surface area contributed by atoms with Gasteiger partial charge in [-0.1, -0.05) is 0 Å². The van der Waals surface area contributed by atoms with Gasteiger partial charge in [0.1, 0.15) is 5.69 Å². The van der Waals surface area contributed by atoms with Crippen molar-refractivity contribution >= 4 is 33.2 Å². The second kappa shape index (κ2) is 5.98. The quantitative estimate of drug-likeness (QED) is 0.492. The van der Waals surface area contributed by atoms with Gasteiger partial charge in [0.15, 0.2) is 0 Å². The van der Waals surface area contributed by atoms with Crippen LogP contribution in [0.4, 0.5) is 11.4 Å². The Labute approximate surface area is 121 Å². The van der Waals surface area contributed by atoms with Crippen LogP contribution in [0.15, 0.2) is 23.1 Å². The van der Waals surface area contributed by atoms with Crippen LogP contribution in [0.2, 0.25) is 0 Å². The van der Waals surface area contributed by atoms with E-state index in [9.17, 15) is 18.5 Å². The number of nitrogen functional groups attached to an aromatic ring is 1. The van der Waals surface area contributed by atoms with Crippen molar-refractivity contribution < 1.29 is 13.3 Å². The summed E-state index contributed by atoms with van der Waals surface area (Å²) in [6, 6.07) is 3.35. The fourth-order valence-electron chi connectivity index (χ4n) is 1.97. The van der Waals surface area contributed by atoms with Gasteiger partial charge in [-0.2, -0.15) is 11.8 Å². The fourth-order valence-corrected chi connectivity index (χ4v) is 4.42. The van der Waals surface area contributed by atoms with Crippen LogP contribution < -0.4 is 10.5 Å². The molecule has 0 saturated carbocycles. The Kier molecular flexibility index (Phi) is 4.51. The molecule has 0 aliphatic carbocycles. The summed E-state index contributed by atoms with van der Waals surface area (Å²) in [5.41, 5.74) is 5.07. The van der Waals surface area contributed by atoms with E-state index >= 15 is 0 Å². The van der Waals surface area contributed by atoms with Gasteiger partial charge in [-0.3, -0.25) is 10.1 Å². The summed E-state index contributed by atoms with van der Waals surface area (Å²) in [5.74, 6) is 1.85. The van der Waals surface area contributed by atoms with Crippen LogP contribution in [0.1, 0.15) is 12.8 Å². The highest BCUT2D eigenvalue weighted by Gasteiger charge is 2.23. The molecule has 1 heterocycles. The average Bonchev–Trinajstić information content (AvgIpc) is 2.38. The van der Waals surface area contributed by atoms with Gasteiger partial charge >= 0.3 is 0 Å². The normalized spacial score (nSPS) is 17.0. The Hall–Kier alpha value is -1.32. The Bertz CT molecular complexity index is 612. The smallest absolute Gasteiger partial charge is 0.292 e. The molecule has 110 valence electrons. The van der Waals surface area contributed by atoms with Crippen LogP contribution in [0.5, 0.6) is 0 Å². The fraction of sp³-hybridized carbons (Fsp3) is 0.455. The number of hydrogen-bond donors (Lipinski definition) is 2. The summed E-state index contributed by atoms with van der Waals surface area (Å²) < 4.78 is 27.0. The third-order valence-corrected chi connectivity index (χ3v) is 5.62. The number of benzene rings is 1. The van der Waals surface area contributed by atoms with Crippen molar-refractivity contribution in [1.82, 2.24) is 4.72 Å². The molecule has 0 unspecified atom stereocenters. The number of hydrogen-bond acceptors (Lipinski definition) is 6. The van der Waals surface area contributed by atoms with E-state index in [2.05, 4.69) is 4.72 Å². The van der Waals surface area contributed by atoms with E-state index in [0.29, 0.717) is 0 Å². The topological polar surface area (TPSA) is 115 Å². The predicted molar refractivity (Wildman–Crippen MR) is 78.2 cm³/mol. The average molecular weight is 317 g/mol. The zero-order valence-electron chi connectivity index (χ0n) is 10.6. The Morgan fingerprint density at radius 3 is 2.55 bits per heavy atom. The minimum Gasteiger partial charge on any atom is -0.393 e. The Morgan fingerprint density at radius 2 is 2.00 bits per heavy atom. The maximum atomic E-state index is 12.2. The molecule has 9 heteroatoms. The molecule has 0 atom stereocenters. The first kappa shape index (κ1) is 15.1. The highest BCUT2D eigenvalue weighted by Crippen LogP contribution is 2.25. The molecule has 7 nitrogen and oxygen atoms in total. The third kappa shape index (κ3) is 3.41. The molecular weight excluding hydrogens is 302 g/mol. The predicted octanol–water partition coefficient (Wildman–Crippen LogP) is 1.35. The van der Waals surface area contributed by atoms with E-state index in [1.54, 1.807) is 11.8 Å². The van der Waals surface area contributed by atoms with Gasteiger partial charge in [0.2, 0.25) is 10.0 Å². The third-order valence-electron chi connectivity index (χ3n) is 3.05. The number of nitrogens with two attached hydrogens (primary N) is 1. The second-order valence-corrected chi connectivity index (χ2v) is 7.42. The monoisotopic (exact) mass is 317 g/mol. The minimum atomic E-state index is -3.69. The summed E-state index contributed by atoms with van der Waals surface area (Å²) in [6.45, 7) is 0. The first-order valence-corrected chi connectivity index (χ1v) is 8.68. The Balaban J connectivity index is 2.20. The molecule has 0 bridgehead atoms. The maximum Gasteiger partial charge on any atom is 0.292 e. The Morgan fingerprint density at radius 1 is 1.35 bits per heavy atom. The molecule has 0 radical (unpaired) electrons. The van der Waals surface area contributed by atoms with Gasteiger partial charge in [-0.05, 0) is 36.5 Å². The highest BCUT2D eigenvalue weighted by atomic mass is 32.2. The maximum absolute atomic E-state index is 12.2. The molecule has 1 aliphatic rings. The number of thioether (sulfide) groups is 1. The van der Waals surface area contributed by atoms with Gasteiger partial charge < -0.3 is 5.73 Å². The van der Waals surface area contributed by atoms with Crippen LogP contribution in [0, 0.1) is 10.1 Å². The first-order chi connectivity index (χ1) is 9.40. The first-order valence-electron chi connectivity index (χ1n) is 6.04. The molecule has 0 spiro atoms. The summed E-state index contributed by atoms with van der Waals surface area (Å²) in [7, 11) is -3.69. The SMILES string of the molecule is Nc1cc(S(=O)(=O)NC2CCSCC2)ccc1[N+](=O)[O-]. The molecule has 1 aromatic carbocycles. The van der Waals surface area contributed by atoms with E-state index in [4.69, 9.17) is 5.73 Å². The van der Waals surface area contributed by atoms with E-state index in [0.717, 1.165) is 36.5 Å². The van der Waals surface area contributed by atoms with Crippen LogP contribution in [-0.2, 0) is 10.0 Å². The molecule has 1 aliphatic heterocycles. The molecular formula is C11H15N3O4S2. The van der Waals surface area contributed by atoms with Crippen LogP contribution in [0.3, 0.4) is 0 Å². The van der Waals surface area contributed by atoms with Crippen molar-refractivity contribution in [2.75, 3.05) is 17.2 Å². The summed E-state index contributed by atoms with van der Waals surface area (Å²) in [4.78, 5) is 9.97. The van der Waals surface area contributed by atoms with Gasteiger partial charge in [-0.25, -0.2) is 13.1 Å².